The molecule has 0 N–H and O–H groups in total. The summed E-state index contributed by atoms with van der Waals surface area (Å²) in [5.41, 5.74) is 1.75. The minimum Gasteiger partial charge on any atom is -0.211 e. The van der Waals surface area contributed by atoms with Gasteiger partial charge in [-0.2, -0.15) is 0 Å². The van der Waals surface area contributed by atoms with Crippen LogP contribution in [0.3, 0.4) is 0 Å². The van der Waals surface area contributed by atoms with Crippen LogP contribution in [0.25, 0.3) is 0 Å². The Morgan fingerprint density at radius 1 is 1.21 bits per heavy atom. The maximum atomic E-state index is 11.2. The van der Waals surface area contributed by atoms with Crippen LogP contribution in [0.2, 0.25) is 0 Å². The minimum atomic E-state index is -3.68. The molecule has 1 aromatic carbocycles. The van der Waals surface area contributed by atoms with E-state index >= 15 is 0 Å². The monoisotopic (exact) mass is 250 g/mol. The molecule has 1 rings (SSSR count). The summed E-state index contributed by atoms with van der Waals surface area (Å²) < 4.78 is 22.4. The molecular formula is C9H8Cl2O2S. The molecular weight excluding hydrogens is 243 g/mol. The fraction of sp³-hybridized carbons (Fsp3) is 0.111. The topological polar surface area (TPSA) is 34.1 Å². The van der Waals surface area contributed by atoms with Crippen LogP contribution in [-0.4, -0.2) is 8.42 Å². The van der Waals surface area contributed by atoms with E-state index in [2.05, 4.69) is 0 Å². The predicted molar refractivity (Wildman–Crippen MR) is 58.9 cm³/mol. The third kappa shape index (κ3) is 3.01. The van der Waals surface area contributed by atoms with E-state index in [1.165, 1.54) is 6.08 Å². The van der Waals surface area contributed by atoms with Gasteiger partial charge in [-0.05, 0) is 11.6 Å². The Bertz CT molecular complexity index is 412. The van der Waals surface area contributed by atoms with Gasteiger partial charge in [0, 0.05) is 16.2 Å². The van der Waals surface area contributed by atoms with Crippen molar-refractivity contribution in [1.29, 1.82) is 0 Å². The minimum absolute atomic E-state index is 0.597. The maximum Gasteiger partial charge on any atom is 0.243 e. The number of hydrogen-bond donors (Lipinski definition) is 0. The van der Waals surface area contributed by atoms with Crippen LogP contribution >= 0.6 is 22.3 Å². The first kappa shape index (κ1) is 11.6. The fourth-order valence-electron chi connectivity index (χ4n) is 1.08. The molecule has 0 amide bonds. The van der Waals surface area contributed by atoms with Crippen molar-refractivity contribution in [2.75, 3.05) is 0 Å². The lowest BCUT2D eigenvalue weighted by atomic mass is 10.1. The largest absolute Gasteiger partial charge is 0.243 e. The smallest absolute Gasteiger partial charge is 0.211 e. The van der Waals surface area contributed by atoms with Gasteiger partial charge in [-0.1, -0.05) is 41.9 Å². The maximum absolute atomic E-state index is 11.2. The van der Waals surface area contributed by atoms with E-state index in [0.29, 0.717) is 5.56 Å². The van der Waals surface area contributed by atoms with Crippen LogP contribution in [0.15, 0.2) is 41.9 Å². The Morgan fingerprint density at radius 3 is 2.21 bits per heavy atom. The highest BCUT2D eigenvalue weighted by molar-refractivity contribution is 8.14. The van der Waals surface area contributed by atoms with Gasteiger partial charge in [-0.15, -0.1) is 0 Å². The summed E-state index contributed by atoms with van der Waals surface area (Å²) >= 11 is 5.35. The SMILES string of the molecule is O=S(=O)(Cl)C(C=CCl)c1ccccc1. The fourth-order valence-corrected chi connectivity index (χ4v) is 2.54. The highest BCUT2D eigenvalue weighted by atomic mass is 35.7. The predicted octanol–water partition coefficient (Wildman–Crippen LogP) is 3.05. The number of halogens is 2. The lowest BCUT2D eigenvalue weighted by molar-refractivity contribution is 0.604. The Kier molecular flexibility index (Phi) is 3.98. The van der Waals surface area contributed by atoms with Crippen LogP contribution in [0.4, 0.5) is 0 Å². The molecule has 14 heavy (non-hydrogen) atoms. The normalized spacial score (nSPS) is 14.4. The second kappa shape index (κ2) is 4.82. The molecule has 0 saturated heterocycles. The summed E-state index contributed by atoms with van der Waals surface area (Å²) in [6, 6.07) is 8.65. The van der Waals surface area contributed by atoms with Crippen molar-refractivity contribution in [3.8, 4) is 0 Å². The van der Waals surface area contributed by atoms with Crippen molar-refractivity contribution >= 4 is 31.3 Å². The molecule has 0 aliphatic carbocycles. The molecule has 0 aliphatic heterocycles. The molecule has 0 radical (unpaired) electrons. The van der Waals surface area contributed by atoms with Crippen LogP contribution in [0.1, 0.15) is 10.8 Å². The summed E-state index contributed by atoms with van der Waals surface area (Å²) in [6.07, 6.45) is 1.33. The lowest BCUT2D eigenvalue weighted by Crippen LogP contribution is -2.03. The van der Waals surface area contributed by atoms with Gasteiger partial charge in [0.1, 0.15) is 5.25 Å². The zero-order chi connectivity index (χ0) is 10.6. The number of benzene rings is 1. The molecule has 0 fully saturated rings. The zero-order valence-electron chi connectivity index (χ0n) is 7.10. The van der Waals surface area contributed by atoms with Gasteiger partial charge in [-0.25, -0.2) is 8.42 Å². The van der Waals surface area contributed by atoms with Gasteiger partial charge in [0.15, 0.2) is 0 Å². The van der Waals surface area contributed by atoms with E-state index < -0.39 is 14.3 Å². The number of hydrogen-bond acceptors (Lipinski definition) is 2. The van der Waals surface area contributed by atoms with E-state index in [1.807, 2.05) is 0 Å². The molecule has 0 spiro atoms. The Balaban J connectivity index is 3.15. The third-order valence-electron chi connectivity index (χ3n) is 1.68. The highest BCUT2D eigenvalue weighted by Gasteiger charge is 2.21. The lowest BCUT2D eigenvalue weighted by Gasteiger charge is -2.08. The van der Waals surface area contributed by atoms with Gasteiger partial charge in [0.2, 0.25) is 9.05 Å². The molecule has 0 aromatic heterocycles. The first-order chi connectivity index (χ1) is 6.55. The van der Waals surface area contributed by atoms with Crippen molar-refractivity contribution in [1.82, 2.24) is 0 Å². The Labute approximate surface area is 92.6 Å². The Morgan fingerprint density at radius 2 is 1.79 bits per heavy atom. The number of rotatable bonds is 3. The summed E-state index contributed by atoms with van der Waals surface area (Å²) in [6.45, 7) is 0. The van der Waals surface area contributed by atoms with Gasteiger partial charge >= 0.3 is 0 Å². The molecule has 1 atom stereocenters. The highest BCUT2D eigenvalue weighted by Crippen LogP contribution is 2.26. The van der Waals surface area contributed by atoms with E-state index in [1.54, 1.807) is 30.3 Å². The molecule has 1 unspecified atom stereocenters. The average molecular weight is 251 g/mol. The molecule has 0 aliphatic rings. The van der Waals surface area contributed by atoms with Crippen molar-refractivity contribution in [3.05, 3.63) is 47.5 Å². The Hall–Kier alpha value is -0.510. The molecule has 0 heterocycles. The van der Waals surface area contributed by atoms with Gasteiger partial charge in [-0.3, -0.25) is 0 Å². The molecule has 1 aromatic rings. The van der Waals surface area contributed by atoms with Crippen LogP contribution < -0.4 is 0 Å². The summed E-state index contributed by atoms with van der Waals surface area (Å²) in [5.74, 6) is 0. The second-order valence-electron chi connectivity index (χ2n) is 2.63. The van der Waals surface area contributed by atoms with E-state index in [0.717, 1.165) is 5.54 Å². The van der Waals surface area contributed by atoms with E-state index in [9.17, 15) is 8.42 Å². The van der Waals surface area contributed by atoms with E-state index in [4.69, 9.17) is 22.3 Å². The van der Waals surface area contributed by atoms with Crippen LogP contribution in [0, 0.1) is 0 Å². The zero-order valence-corrected chi connectivity index (χ0v) is 9.43. The average Bonchev–Trinajstić information content (AvgIpc) is 2.14. The first-order valence-corrected chi connectivity index (χ1v) is 6.62. The van der Waals surface area contributed by atoms with Gasteiger partial charge in [0.05, 0.1) is 0 Å². The molecule has 0 saturated carbocycles. The molecule has 5 heteroatoms. The van der Waals surface area contributed by atoms with Gasteiger partial charge in [0.25, 0.3) is 0 Å². The van der Waals surface area contributed by atoms with Crippen LogP contribution in [0.5, 0.6) is 0 Å². The van der Waals surface area contributed by atoms with Crippen LogP contribution in [-0.2, 0) is 9.05 Å². The van der Waals surface area contributed by atoms with Crippen molar-refractivity contribution in [2.24, 2.45) is 0 Å². The molecule has 76 valence electrons. The van der Waals surface area contributed by atoms with Crippen molar-refractivity contribution in [3.63, 3.8) is 0 Å². The molecule has 2 nitrogen and oxygen atoms in total. The quantitative estimate of drug-likeness (QED) is 0.773. The first-order valence-electron chi connectivity index (χ1n) is 3.81. The summed E-state index contributed by atoms with van der Waals surface area (Å²) in [7, 11) is 1.60. The van der Waals surface area contributed by atoms with Gasteiger partial charge < -0.3 is 0 Å². The van der Waals surface area contributed by atoms with E-state index in [-0.39, 0.29) is 0 Å². The van der Waals surface area contributed by atoms with Crippen molar-refractivity contribution in [2.45, 2.75) is 5.25 Å². The summed E-state index contributed by atoms with van der Waals surface area (Å²) in [4.78, 5) is 0. The third-order valence-corrected chi connectivity index (χ3v) is 3.44. The van der Waals surface area contributed by atoms with Crippen molar-refractivity contribution < 1.29 is 8.42 Å². The summed E-state index contributed by atoms with van der Waals surface area (Å²) in [5, 5.41) is -0.886. The second-order valence-corrected chi connectivity index (χ2v) is 5.63. The standard InChI is InChI=1S/C9H8Cl2O2S/c10-7-6-9(14(11,12)13)8-4-2-1-3-5-8/h1-7,9H. The molecule has 0 bridgehead atoms.